The summed E-state index contributed by atoms with van der Waals surface area (Å²) in [5, 5.41) is 0. The van der Waals surface area contributed by atoms with Gasteiger partial charge in [-0.3, -0.25) is 14.4 Å². The van der Waals surface area contributed by atoms with Crippen LogP contribution in [0.2, 0.25) is 0 Å². The minimum atomic E-state index is -0.0971. The number of esters is 3. The molecule has 0 rings (SSSR count). The quantitative estimate of drug-likeness (QED) is 0.0286. The molecule has 0 aromatic rings. The minimum Gasteiger partial charge on any atom is -0.462 e. The Morgan fingerprint density at radius 2 is 0.917 bits per heavy atom. The van der Waals surface area contributed by atoms with E-state index in [1.54, 1.807) is 0 Å². The minimum absolute atomic E-state index is 0.00258. The molecule has 0 atom stereocenters. The van der Waals surface area contributed by atoms with Gasteiger partial charge in [0.1, 0.15) is 19.3 Å². The summed E-state index contributed by atoms with van der Waals surface area (Å²) in [5.41, 5.74) is 0. The predicted octanol–water partition coefficient (Wildman–Crippen LogP) is 10.8. The van der Waals surface area contributed by atoms with Gasteiger partial charge >= 0.3 is 17.9 Å². The molecule has 0 spiro atoms. The SMILES string of the molecule is CCCCC/C=C\COC(=O)CCCCCCCCC(CCCCCCCCC(=O)OC/C=C\CCCCC)OC(=O)CCCN(C)C. The number of unbranched alkanes of at least 4 members (excludes halogenated alkanes) is 16. The van der Waals surface area contributed by atoms with Gasteiger partial charge in [0.05, 0.1) is 0 Å². The van der Waals surface area contributed by atoms with Gasteiger partial charge in [-0.25, -0.2) is 0 Å². The van der Waals surface area contributed by atoms with Crippen LogP contribution in [0, 0.1) is 0 Å². The van der Waals surface area contributed by atoms with E-state index in [1.165, 1.54) is 38.5 Å². The molecule has 0 saturated carbocycles. The van der Waals surface area contributed by atoms with Gasteiger partial charge in [0.15, 0.2) is 0 Å². The normalized spacial score (nSPS) is 11.7. The topological polar surface area (TPSA) is 82.1 Å². The number of ether oxygens (including phenoxy) is 3. The molecule has 0 aromatic heterocycles. The summed E-state index contributed by atoms with van der Waals surface area (Å²) in [7, 11) is 4.05. The van der Waals surface area contributed by atoms with Crippen LogP contribution in [0.4, 0.5) is 0 Å². The Morgan fingerprint density at radius 1 is 0.500 bits per heavy atom. The van der Waals surface area contributed by atoms with Crippen molar-refractivity contribution in [3.8, 4) is 0 Å². The number of hydrogen-bond acceptors (Lipinski definition) is 7. The predicted molar refractivity (Wildman–Crippen MR) is 200 cm³/mol. The number of hydrogen-bond donors (Lipinski definition) is 0. The summed E-state index contributed by atoms with van der Waals surface area (Å²) < 4.78 is 16.5. The molecular formula is C41H75NO6. The van der Waals surface area contributed by atoms with Crippen molar-refractivity contribution in [2.45, 2.75) is 187 Å². The Kier molecular flexibility index (Phi) is 34.5. The summed E-state index contributed by atoms with van der Waals surface area (Å²) >= 11 is 0. The van der Waals surface area contributed by atoms with Crippen molar-refractivity contribution in [1.29, 1.82) is 0 Å². The largest absolute Gasteiger partial charge is 0.462 e. The molecule has 0 aliphatic carbocycles. The van der Waals surface area contributed by atoms with Gasteiger partial charge in [-0.15, -0.1) is 0 Å². The Bertz CT molecular complexity index is 757. The second-order valence-electron chi connectivity index (χ2n) is 13.6. The monoisotopic (exact) mass is 678 g/mol. The van der Waals surface area contributed by atoms with Crippen molar-refractivity contribution in [3.05, 3.63) is 24.3 Å². The molecule has 0 aromatic carbocycles. The van der Waals surface area contributed by atoms with E-state index in [9.17, 15) is 14.4 Å². The highest BCUT2D eigenvalue weighted by Crippen LogP contribution is 2.18. The van der Waals surface area contributed by atoms with Crippen LogP contribution in [0.15, 0.2) is 24.3 Å². The molecule has 0 aliphatic rings. The van der Waals surface area contributed by atoms with E-state index in [0.717, 1.165) is 116 Å². The van der Waals surface area contributed by atoms with Crippen molar-refractivity contribution in [2.24, 2.45) is 0 Å². The number of carbonyl (C=O) groups is 3. The van der Waals surface area contributed by atoms with Gasteiger partial charge in [-0.05, 0) is 91.3 Å². The third-order valence-corrected chi connectivity index (χ3v) is 8.56. The molecular weight excluding hydrogens is 602 g/mol. The maximum Gasteiger partial charge on any atom is 0.306 e. The molecule has 7 nitrogen and oxygen atoms in total. The summed E-state index contributed by atoms with van der Waals surface area (Å²) in [4.78, 5) is 38.5. The highest BCUT2D eigenvalue weighted by molar-refractivity contribution is 5.70. The molecule has 0 amide bonds. The Morgan fingerprint density at radius 3 is 1.35 bits per heavy atom. The zero-order valence-electron chi connectivity index (χ0n) is 31.8. The molecule has 0 N–H and O–H groups in total. The summed E-state index contributed by atoms with van der Waals surface area (Å²) in [6.07, 6.45) is 34.5. The van der Waals surface area contributed by atoms with Crippen LogP contribution < -0.4 is 0 Å². The maximum atomic E-state index is 12.5. The average molecular weight is 678 g/mol. The highest BCUT2D eigenvalue weighted by Gasteiger charge is 2.14. The molecule has 280 valence electrons. The van der Waals surface area contributed by atoms with Crippen LogP contribution in [0.25, 0.3) is 0 Å². The Hall–Kier alpha value is -2.15. The lowest BCUT2D eigenvalue weighted by atomic mass is 10.0. The van der Waals surface area contributed by atoms with E-state index in [4.69, 9.17) is 14.2 Å². The second kappa shape index (κ2) is 36.1. The van der Waals surface area contributed by atoms with E-state index in [1.807, 2.05) is 26.2 Å². The number of rotatable bonds is 35. The van der Waals surface area contributed by atoms with E-state index in [-0.39, 0.29) is 24.0 Å². The molecule has 0 saturated heterocycles. The van der Waals surface area contributed by atoms with Crippen LogP contribution in [-0.2, 0) is 28.6 Å². The average Bonchev–Trinajstić information content (AvgIpc) is 3.05. The number of nitrogens with zero attached hydrogens (tertiary/aromatic N) is 1. The standard InChI is InChI=1S/C41H75NO6/c1-5-7-9-11-21-27-36-46-39(43)32-25-19-15-13-17-23-30-38(48-41(45)34-29-35-42(3)4)31-24-18-14-16-20-26-33-40(44)47-37-28-22-12-10-8-6-2/h21-22,27-28,38H,5-20,23-26,29-37H2,1-4H3/b27-21-,28-22-. The molecule has 0 unspecified atom stereocenters. The molecule has 0 fully saturated rings. The fraction of sp³-hybridized carbons (Fsp3) is 0.829. The zero-order valence-corrected chi connectivity index (χ0v) is 31.8. The fourth-order valence-electron chi connectivity index (χ4n) is 5.57. The van der Waals surface area contributed by atoms with Crippen LogP contribution >= 0.6 is 0 Å². The first-order valence-corrected chi connectivity index (χ1v) is 19.8. The first-order valence-electron chi connectivity index (χ1n) is 19.8. The zero-order chi connectivity index (χ0) is 35.3. The lowest BCUT2D eigenvalue weighted by molar-refractivity contribution is -0.150. The lowest BCUT2D eigenvalue weighted by Gasteiger charge is -2.18. The summed E-state index contributed by atoms with van der Waals surface area (Å²) in [6, 6.07) is 0. The summed E-state index contributed by atoms with van der Waals surface area (Å²) in [5.74, 6) is -0.264. The van der Waals surface area contributed by atoms with Crippen molar-refractivity contribution >= 4 is 17.9 Å². The van der Waals surface area contributed by atoms with Crippen LogP contribution in [0.5, 0.6) is 0 Å². The second-order valence-corrected chi connectivity index (χ2v) is 13.6. The van der Waals surface area contributed by atoms with Gasteiger partial charge in [-0.2, -0.15) is 0 Å². The maximum absolute atomic E-state index is 12.5. The van der Waals surface area contributed by atoms with Crippen LogP contribution in [0.3, 0.4) is 0 Å². The van der Waals surface area contributed by atoms with Crippen molar-refractivity contribution < 1.29 is 28.6 Å². The third kappa shape index (κ3) is 35.2. The molecule has 0 aliphatic heterocycles. The van der Waals surface area contributed by atoms with Gasteiger partial charge in [0, 0.05) is 19.3 Å². The number of carbonyl (C=O) groups excluding carboxylic acids is 3. The molecule has 0 radical (unpaired) electrons. The van der Waals surface area contributed by atoms with Gasteiger partial charge in [-0.1, -0.05) is 115 Å². The first kappa shape index (κ1) is 45.9. The molecule has 0 bridgehead atoms. The molecule has 7 heteroatoms. The van der Waals surface area contributed by atoms with Crippen molar-refractivity contribution in [3.63, 3.8) is 0 Å². The van der Waals surface area contributed by atoms with E-state index in [2.05, 4.69) is 30.9 Å². The van der Waals surface area contributed by atoms with Crippen LogP contribution in [-0.4, -0.2) is 62.8 Å². The van der Waals surface area contributed by atoms with Crippen molar-refractivity contribution in [1.82, 2.24) is 4.90 Å². The third-order valence-electron chi connectivity index (χ3n) is 8.56. The van der Waals surface area contributed by atoms with E-state index < -0.39 is 0 Å². The first-order chi connectivity index (χ1) is 23.4. The highest BCUT2D eigenvalue weighted by atomic mass is 16.5. The van der Waals surface area contributed by atoms with Gasteiger partial charge < -0.3 is 19.1 Å². The van der Waals surface area contributed by atoms with E-state index in [0.29, 0.717) is 32.5 Å². The Balaban J connectivity index is 4.08. The lowest BCUT2D eigenvalue weighted by Crippen LogP contribution is -2.20. The van der Waals surface area contributed by atoms with Crippen LogP contribution in [0.1, 0.15) is 181 Å². The summed E-state index contributed by atoms with van der Waals surface area (Å²) in [6.45, 7) is 6.07. The molecule has 48 heavy (non-hydrogen) atoms. The van der Waals surface area contributed by atoms with Gasteiger partial charge in [0.25, 0.3) is 0 Å². The Labute approximate surface area is 296 Å². The smallest absolute Gasteiger partial charge is 0.306 e. The fourth-order valence-corrected chi connectivity index (χ4v) is 5.57. The van der Waals surface area contributed by atoms with E-state index >= 15 is 0 Å². The molecule has 0 heterocycles. The number of allylic oxidation sites excluding steroid dienone is 2. The van der Waals surface area contributed by atoms with Crippen molar-refractivity contribution in [2.75, 3.05) is 33.9 Å². The van der Waals surface area contributed by atoms with Gasteiger partial charge in [0.2, 0.25) is 0 Å².